The van der Waals surface area contributed by atoms with E-state index in [1.165, 1.54) is 26.9 Å². The standard InChI is InChI=1S/C21H23N3O5/c1-14(10-15-8-6-5-7-9-15)24-13-19(29-23-24)22-21(25)16-11-17(26-2)20(28-4)18(12-16)27-3/h5-9,11-14H,10H2,1-4H3/p+1. The maximum absolute atomic E-state index is 12.7. The Morgan fingerprint density at radius 2 is 1.76 bits per heavy atom. The normalized spacial score (nSPS) is 11.6. The highest BCUT2D eigenvalue weighted by Crippen LogP contribution is 2.38. The lowest BCUT2D eigenvalue weighted by atomic mass is 10.1. The molecule has 0 radical (unpaired) electrons. The second kappa shape index (κ2) is 9.09. The van der Waals surface area contributed by atoms with E-state index in [1.54, 1.807) is 23.0 Å². The van der Waals surface area contributed by atoms with Crippen LogP contribution in [0.15, 0.2) is 53.2 Å². The predicted molar refractivity (Wildman–Crippen MR) is 106 cm³/mol. The molecule has 1 N–H and O–H groups in total. The molecule has 0 saturated carbocycles. The topological polar surface area (TPSA) is 86.7 Å². The van der Waals surface area contributed by atoms with Crippen LogP contribution in [0.2, 0.25) is 0 Å². The molecule has 8 heteroatoms. The Labute approximate surface area is 169 Å². The van der Waals surface area contributed by atoms with E-state index in [2.05, 4.69) is 22.7 Å². The largest absolute Gasteiger partial charge is 0.493 e. The third kappa shape index (κ3) is 4.66. The average molecular weight is 398 g/mol. The molecule has 0 spiro atoms. The van der Waals surface area contributed by atoms with E-state index in [4.69, 9.17) is 18.7 Å². The van der Waals surface area contributed by atoms with Crippen molar-refractivity contribution in [3.8, 4) is 17.2 Å². The molecular formula is C21H24N3O5+. The van der Waals surface area contributed by atoms with Crippen molar-refractivity contribution in [1.82, 2.24) is 5.27 Å². The third-order valence-electron chi connectivity index (χ3n) is 4.47. The van der Waals surface area contributed by atoms with Crippen LogP contribution in [0.5, 0.6) is 17.2 Å². The molecule has 152 valence electrons. The maximum atomic E-state index is 12.7. The highest BCUT2D eigenvalue weighted by atomic mass is 16.5. The maximum Gasteiger partial charge on any atom is 0.302 e. The first-order chi connectivity index (χ1) is 14.0. The fourth-order valence-electron chi connectivity index (χ4n) is 2.97. The molecule has 1 unspecified atom stereocenters. The molecule has 0 fully saturated rings. The van der Waals surface area contributed by atoms with Crippen molar-refractivity contribution in [2.45, 2.75) is 19.4 Å². The molecule has 0 aliphatic heterocycles. The summed E-state index contributed by atoms with van der Waals surface area (Å²) in [5.74, 6) is 1.05. The Kier molecular flexibility index (Phi) is 6.33. The van der Waals surface area contributed by atoms with Gasteiger partial charge in [0.2, 0.25) is 11.0 Å². The van der Waals surface area contributed by atoms with Gasteiger partial charge in [-0.05, 0) is 22.4 Å². The number of benzene rings is 2. The summed E-state index contributed by atoms with van der Waals surface area (Å²) in [5.41, 5.74) is 1.53. The summed E-state index contributed by atoms with van der Waals surface area (Å²) >= 11 is 0. The second-order valence-electron chi connectivity index (χ2n) is 6.45. The van der Waals surface area contributed by atoms with Crippen LogP contribution in [-0.2, 0) is 6.42 Å². The first-order valence-corrected chi connectivity index (χ1v) is 9.09. The number of anilines is 1. The van der Waals surface area contributed by atoms with Gasteiger partial charge < -0.3 is 14.2 Å². The van der Waals surface area contributed by atoms with E-state index in [0.29, 0.717) is 22.8 Å². The number of amides is 1. The predicted octanol–water partition coefficient (Wildman–Crippen LogP) is 3.04. The summed E-state index contributed by atoms with van der Waals surface area (Å²) in [6.07, 6.45) is 2.45. The van der Waals surface area contributed by atoms with Crippen molar-refractivity contribution >= 4 is 11.8 Å². The summed E-state index contributed by atoms with van der Waals surface area (Å²) in [6, 6.07) is 13.3. The molecule has 1 heterocycles. The molecule has 0 aliphatic carbocycles. The highest BCUT2D eigenvalue weighted by Gasteiger charge is 2.23. The summed E-state index contributed by atoms with van der Waals surface area (Å²) in [4.78, 5) is 12.7. The molecule has 0 aliphatic rings. The average Bonchev–Trinajstić information content (AvgIpc) is 3.21. The van der Waals surface area contributed by atoms with Crippen molar-refractivity contribution in [3.05, 3.63) is 59.8 Å². The van der Waals surface area contributed by atoms with Crippen molar-refractivity contribution in [2.24, 2.45) is 0 Å². The van der Waals surface area contributed by atoms with E-state index >= 15 is 0 Å². The number of ether oxygens (including phenoxy) is 3. The van der Waals surface area contributed by atoms with Crippen LogP contribution >= 0.6 is 0 Å². The highest BCUT2D eigenvalue weighted by molar-refractivity contribution is 6.04. The number of nitrogens with zero attached hydrogens (tertiary/aromatic N) is 2. The van der Waals surface area contributed by atoms with Crippen LogP contribution in [0.1, 0.15) is 28.9 Å². The van der Waals surface area contributed by atoms with Crippen LogP contribution in [0, 0.1) is 0 Å². The minimum atomic E-state index is -0.386. The van der Waals surface area contributed by atoms with Crippen LogP contribution in [0.25, 0.3) is 0 Å². The Morgan fingerprint density at radius 1 is 1.10 bits per heavy atom. The number of rotatable bonds is 8. The number of hydrogen-bond acceptors (Lipinski definition) is 6. The molecule has 0 bridgehead atoms. The Balaban J connectivity index is 1.73. The molecule has 3 aromatic rings. The number of nitrogens with one attached hydrogen (secondary N) is 1. The Hall–Kier alpha value is -3.55. The van der Waals surface area contributed by atoms with E-state index in [0.717, 1.165) is 6.42 Å². The van der Waals surface area contributed by atoms with Gasteiger partial charge in [-0.15, -0.1) is 0 Å². The zero-order valence-corrected chi connectivity index (χ0v) is 16.8. The van der Waals surface area contributed by atoms with Crippen LogP contribution < -0.4 is 24.2 Å². The van der Waals surface area contributed by atoms with Crippen LogP contribution in [-0.4, -0.2) is 32.5 Å². The van der Waals surface area contributed by atoms with Gasteiger partial charge in [-0.1, -0.05) is 30.3 Å². The van der Waals surface area contributed by atoms with Crippen LogP contribution in [0.3, 0.4) is 0 Å². The minimum absolute atomic E-state index is 0.0629. The molecule has 1 aromatic heterocycles. The van der Waals surface area contributed by atoms with E-state index in [1.807, 2.05) is 25.1 Å². The fraction of sp³-hybridized carbons (Fsp3) is 0.286. The summed E-state index contributed by atoms with van der Waals surface area (Å²) < 4.78 is 22.8. The van der Waals surface area contributed by atoms with E-state index in [9.17, 15) is 4.79 Å². The van der Waals surface area contributed by atoms with E-state index in [-0.39, 0.29) is 17.8 Å². The quantitative estimate of drug-likeness (QED) is 0.587. The molecule has 1 atom stereocenters. The summed E-state index contributed by atoms with van der Waals surface area (Å²) in [7, 11) is 4.49. The smallest absolute Gasteiger partial charge is 0.302 e. The Morgan fingerprint density at radius 3 is 2.34 bits per heavy atom. The monoisotopic (exact) mass is 398 g/mol. The zero-order chi connectivity index (χ0) is 20.8. The first kappa shape index (κ1) is 20.2. The first-order valence-electron chi connectivity index (χ1n) is 9.09. The number of aromatic nitrogens is 2. The lowest BCUT2D eigenvalue weighted by molar-refractivity contribution is -0.782. The van der Waals surface area contributed by atoms with Gasteiger partial charge in [-0.25, -0.2) is 0 Å². The molecular weight excluding hydrogens is 374 g/mol. The molecule has 3 rings (SSSR count). The van der Waals surface area contributed by atoms with Gasteiger partial charge in [0, 0.05) is 18.9 Å². The Bertz CT molecular complexity index is 946. The number of hydrogen-bond donors (Lipinski definition) is 1. The third-order valence-corrected chi connectivity index (χ3v) is 4.47. The molecule has 29 heavy (non-hydrogen) atoms. The van der Waals surface area contributed by atoms with Gasteiger partial charge in [-0.3, -0.25) is 14.6 Å². The van der Waals surface area contributed by atoms with Gasteiger partial charge in [0.25, 0.3) is 12.1 Å². The summed E-state index contributed by atoms with van der Waals surface area (Å²) in [6.45, 7) is 2.03. The van der Waals surface area contributed by atoms with Crippen molar-refractivity contribution in [3.63, 3.8) is 0 Å². The van der Waals surface area contributed by atoms with Gasteiger partial charge in [0.15, 0.2) is 17.5 Å². The van der Waals surface area contributed by atoms with Gasteiger partial charge in [0.1, 0.15) is 0 Å². The van der Waals surface area contributed by atoms with Crippen molar-refractivity contribution in [1.29, 1.82) is 0 Å². The lowest BCUT2D eigenvalue weighted by Gasteiger charge is -2.13. The SMILES string of the molecule is COc1cc(C(=O)Nc2c[n+](C(C)Cc3ccccc3)no2)cc(OC)c1OC. The second-order valence-corrected chi connectivity index (χ2v) is 6.45. The van der Waals surface area contributed by atoms with Crippen molar-refractivity contribution in [2.75, 3.05) is 26.6 Å². The van der Waals surface area contributed by atoms with Crippen LogP contribution in [0.4, 0.5) is 5.88 Å². The summed E-state index contributed by atoms with van der Waals surface area (Å²) in [5, 5.41) is 6.71. The number of carbonyl (C=O) groups is 1. The molecule has 1 amide bonds. The minimum Gasteiger partial charge on any atom is -0.493 e. The van der Waals surface area contributed by atoms with Crippen molar-refractivity contribution < 1.29 is 28.2 Å². The van der Waals surface area contributed by atoms with Gasteiger partial charge >= 0.3 is 5.88 Å². The number of methoxy groups -OCH3 is 3. The lowest BCUT2D eigenvalue weighted by Crippen LogP contribution is -2.40. The van der Waals surface area contributed by atoms with Gasteiger partial charge in [-0.2, -0.15) is 0 Å². The number of carbonyl (C=O) groups excluding carboxylic acids is 1. The fourth-order valence-corrected chi connectivity index (χ4v) is 2.97. The molecule has 2 aromatic carbocycles. The van der Waals surface area contributed by atoms with Gasteiger partial charge in [0.05, 0.1) is 21.3 Å². The molecule has 8 nitrogen and oxygen atoms in total. The molecule has 0 saturated heterocycles. The van der Waals surface area contributed by atoms with E-state index < -0.39 is 0 Å². The zero-order valence-electron chi connectivity index (χ0n) is 16.8.